The average molecular weight is 601 g/mol. The molecule has 0 aliphatic heterocycles. The molecule has 0 amide bonds. The summed E-state index contributed by atoms with van der Waals surface area (Å²) in [6.07, 6.45) is 0. The van der Waals surface area contributed by atoms with E-state index in [0.29, 0.717) is 10.0 Å². The van der Waals surface area contributed by atoms with E-state index in [1.54, 1.807) is 19.9 Å². The fraction of sp³-hybridized carbons (Fsp3) is 0.261. The minimum Gasteiger partial charge on any atom is -0.462 e. The molecule has 3 rings (SSSR count). The number of ether oxygens (including phenoxy) is 1. The van der Waals surface area contributed by atoms with Crippen LogP contribution in [0.25, 0.3) is 0 Å². The smallest absolute Gasteiger partial charge is 0.338 e. The van der Waals surface area contributed by atoms with Gasteiger partial charge in [0.1, 0.15) is 0 Å². The third-order valence-electron chi connectivity index (χ3n) is 4.92. The van der Waals surface area contributed by atoms with Gasteiger partial charge in [-0.2, -0.15) is 4.31 Å². The molecule has 0 radical (unpaired) electrons. The average Bonchev–Trinajstić information content (AvgIpc) is 3.24. The molecular weight excluding hydrogens is 578 g/mol. The topological polar surface area (TPSA) is 63.7 Å². The van der Waals surface area contributed by atoms with Gasteiger partial charge in [-0.25, -0.2) is 13.2 Å². The Hall–Kier alpha value is -1.52. The van der Waals surface area contributed by atoms with Crippen LogP contribution in [0.2, 0.25) is 0 Å². The van der Waals surface area contributed by atoms with E-state index < -0.39 is 16.0 Å². The van der Waals surface area contributed by atoms with Crippen LogP contribution in [0.3, 0.4) is 0 Å². The number of nitrogens with zero attached hydrogens (tertiary/aromatic N) is 1. The Morgan fingerprint density at radius 2 is 1.81 bits per heavy atom. The summed E-state index contributed by atoms with van der Waals surface area (Å²) in [4.78, 5) is 13.4. The summed E-state index contributed by atoms with van der Waals surface area (Å²) in [5.74, 6) is -0.547. The van der Waals surface area contributed by atoms with Crippen LogP contribution in [-0.4, -0.2) is 25.3 Å². The first-order chi connectivity index (χ1) is 15.1. The van der Waals surface area contributed by atoms with Gasteiger partial charge < -0.3 is 4.74 Å². The Morgan fingerprint density at radius 1 is 1.06 bits per heavy atom. The second kappa shape index (κ2) is 10.6. The monoisotopic (exact) mass is 599 g/mol. The third-order valence-corrected chi connectivity index (χ3v) is 9.11. The van der Waals surface area contributed by atoms with Gasteiger partial charge >= 0.3 is 5.97 Å². The lowest BCUT2D eigenvalue weighted by molar-refractivity contribution is 0.0525. The molecule has 1 heterocycles. The van der Waals surface area contributed by atoms with Gasteiger partial charge in [0.2, 0.25) is 10.0 Å². The minimum atomic E-state index is -3.93. The molecule has 170 valence electrons. The van der Waals surface area contributed by atoms with Crippen LogP contribution in [0.4, 0.5) is 0 Å². The van der Waals surface area contributed by atoms with Gasteiger partial charge in [0.15, 0.2) is 0 Å². The van der Waals surface area contributed by atoms with Crippen LogP contribution in [0, 0.1) is 13.8 Å². The van der Waals surface area contributed by atoms with E-state index in [0.717, 1.165) is 20.5 Å². The molecule has 2 aromatic carbocycles. The van der Waals surface area contributed by atoms with Crippen LogP contribution in [0.1, 0.15) is 38.8 Å². The first-order valence-electron chi connectivity index (χ1n) is 9.88. The Morgan fingerprint density at radius 3 is 2.44 bits per heavy atom. The fourth-order valence-electron chi connectivity index (χ4n) is 3.15. The number of thiophene rings is 1. The quantitative estimate of drug-likeness (QED) is 0.278. The number of carbonyl (C=O) groups is 1. The van der Waals surface area contributed by atoms with Crippen molar-refractivity contribution in [2.45, 2.75) is 38.8 Å². The van der Waals surface area contributed by atoms with E-state index in [1.807, 2.05) is 42.6 Å². The first kappa shape index (κ1) is 25.1. The molecule has 0 saturated carbocycles. The molecule has 0 N–H and O–H groups in total. The molecule has 0 bridgehead atoms. The van der Waals surface area contributed by atoms with Crippen LogP contribution in [0.5, 0.6) is 0 Å². The minimum absolute atomic E-state index is 0.0396. The summed E-state index contributed by atoms with van der Waals surface area (Å²) in [6, 6.07) is 12.6. The number of halogens is 2. The number of sulfonamides is 1. The lowest BCUT2D eigenvalue weighted by atomic mass is 10.1. The van der Waals surface area contributed by atoms with Crippen molar-refractivity contribution in [2.24, 2.45) is 0 Å². The highest BCUT2D eigenvalue weighted by Crippen LogP contribution is 2.30. The van der Waals surface area contributed by atoms with Crippen LogP contribution < -0.4 is 0 Å². The normalized spacial score (nSPS) is 11.7. The van der Waals surface area contributed by atoms with Gasteiger partial charge in [0.25, 0.3) is 0 Å². The first-order valence-corrected chi connectivity index (χ1v) is 13.8. The Labute approximate surface area is 209 Å². The van der Waals surface area contributed by atoms with Crippen molar-refractivity contribution in [2.75, 3.05) is 6.61 Å². The molecule has 3 aromatic rings. The largest absolute Gasteiger partial charge is 0.462 e. The highest BCUT2D eigenvalue weighted by molar-refractivity contribution is 9.10. The van der Waals surface area contributed by atoms with E-state index >= 15 is 0 Å². The summed E-state index contributed by atoms with van der Waals surface area (Å²) < 4.78 is 35.5. The highest BCUT2D eigenvalue weighted by atomic mass is 79.9. The van der Waals surface area contributed by atoms with E-state index in [2.05, 4.69) is 31.9 Å². The van der Waals surface area contributed by atoms with Crippen molar-refractivity contribution < 1.29 is 17.9 Å². The molecule has 0 unspecified atom stereocenters. The maximum Gasteiger partial charge on any atom is 0.338 e. The van der Waals surface area contributed by atoms with E-state index in [9.17, 15) is 13.2 Å². The fourth-order valence-corrected chi connectivity index (χ4v) is 6.63. The van der Waals surface area contributed by atoms with Gasteiger partial charge in [-0.05, 0) is 67.1 Å². The SMILES string of the molecule is CCOC(=O)c1cc(S(=O)(=O)N(Cc2cccs2)Cc2ccc(C)cc2Br)cc(Br)c1C. The number of aryl methyl sites for hydroxylation is 1. The second-order valence-corrected chi connectivity index (χ2v) is 11.9. The van der Waals surface area contributed by atoms with Crippen molar-refractivity contribution in [3.05, 3.63) is 83.9 Å². The number of hydrogen-bond acceptors (Lipinski definition) is 5. The predicted molar refractivity (Wildman–Crippen MR) is 134 cm³/mol. The second-order valence-electron chi connectivity index (χ2n) is 7.25. The van der Waals surface area contributed by atoms with Gasteiger partial charge in [0.05, 0.1) is 17.1 Å². The predicted octanol–water partition coefficient (Wildman–Crippen LogP) is 6.46. The number of esters is 1. The Kier molecular flexibility index (Phi) is 8.32. The molecule has 0 spiro atoms. The van der Waals surface area contributed by atoms with Crippen LogP contribution >= 0.6 is 43.2 Å². The number of rotatable bonds is 8. The van der Waals surface area contributed by atoms with Crippen molar-refractivity contribution in [1.82, 2.24) is 4.31 Å². The molecule has 0 atom stereocenters. The Bertz CT molecular complexity index is 1230. The molecule has 0 aliphatic rings. The molecule has 5 nitrogen and oxygen atoms in total. The molecule has 32 heavy (non-hydrogen) atoms. The lowest BCUT2D eigenvalue weighted by Crippen LogP contribution is -2.30. The zero-order valence-corrected chi connectivity index (χ0v) is 22.7. The molecule has 1 aromatic heterocycles. The summed E-state index contributed by atoms with van der Waals surface area (Å²) in [5, 5.41) is 1.92. The maximum absolute atomic E-state index is 13.8. The third kappa shape index (κ3) is 5.69. The molecule has 0 aliphatic carbocycles. The van der Waals surface area contributed by atoms with E-state index in [1.165, 1.54) is 21.7 Å². The molecule has 0 saturated heterocycles. The Balaban J connectivity index is 2.07. The van der Waals surface area contributed by atoms with Crippen molar-refractivity contribution >= 4 is 59.2 Å². The lowest BCUT2D eigenvalue weighted by Gasteiger charge is -2.23. The van der Waals surface area contributed by atoms with Gasteiger partial charge in [-0.15, -0.1) is 11.3 Å². The van der Waals surface area contributed by atoms with Crippen molar-refractivity contribution in [1.29, 1.82) is 0 Å². The zero-order valence-electron chi connectivity index (χ0n) is 17.9. The van der Waals surface area contributed by atoms with Gasteiger partial charge in [-0.3, -0.25) is 0 Å². The molecule has 0 fully saturated rings. The van der Waals surface area contributed by atoms with E-state index in [-0.39, 0.29) is 30.2 Å². The van der Waals surface area contributed by atoms with Crippen LogP contribution in [-0.2, 0) is 27.8 Å². The maximum atomic E-state index is 13.8. The number of benzene rings is 2. The highest BCUT2D eigenvalue weighted by Gasteiger charge is 2.28. The van der Waals surface area contributed by atoms with Gasteiger partial charge in [0, 0.05) is 26.9 Å². The van der Waals surface area contributed by atoms with Crippen molar-refractivity contribution in [3.8, 4) is 0 Å². The number of carbonyl (C=O) groups excluding carboxylic acids is 1. The molecular formula is C23H23Br2NO4S2. The summed E-state index contributed by atoms with van der Waals surface area (Å²) in [7, 11) is -3.93. The number of hydrogen-bond donors (Lipinski definition) is 0. The van der Waals surface area contributed by atoms with Crippen molar-refractivity contribution in [3.63, 3.8) is 0 Å². The zero-order chi connectivity index (χ0) is 23.5. The standard InChI is InChI=1S/C23H23Br2NO4S2/c1-4-30-23(27)20-11-19(12-21(24)16(20)3)32(28,29)26(14-18-6-5-9-31-18)13-17-8-7-15(2)10-22(17)25/h5-12H,4,13-14H2,1-3H3. The van der Waals surface area contributed by atoms with Gasteiger partial charge in [-0.1, -0.05) is 50.1 Å². The van der Waals surface area contributed by atoms with Crippen LogP contribution in [0.15, 0.2) is 61.7 Å². The van der Waals surface area contributed by atoms with E-state index in [4.69, 9.17) is 4.74 Å². The molecule has 9 heteroatoms. The summed E-state index contributed by atoms with van der Waals surface area (Å²) in [5.41, 5.74) is 2.79. The summed E-state index contributed by atoms with van der Waals surface area (Å²) >= 11 is 8.47. The summed E-state index contributed by atoms with van der Waals surface area (Å²) in [6.45, 7) is 6.06.